The third kappa shape index (κ3) is 3.44. The number of halogens is 2. The van der Waals surface area contributed by atoms with E-state index in [0.29, 0.717) is 26.1 Å². The van der Waals surface area contributed by atoms with Gasteiger partial charge in [-0.15, -0.1) is 0 Å². The van der Waals surface area contributed by atoms with Gasteiger partial charge in [-0.2, -0.15) is 0 Å². The summed E-state index contributed by atoms with van der Waals surface area (Å²) in [7, 11) is 0. The molecule has 4 rings (SSSR count). The van der Waals surface area contributed by atoms with Gasteiger partial charge >= 0.3 is 4.87 Å². The molecule has 1 N–H and O–H groups in total. The topological polar surface area (TPSA) is 59.3 Å². The van der Waals surface area contributed by atoms with Crippen LogP contribution in [0.25, 0.3) is 17.7 Å². The zero-order valence-electron chi connectivity index (χ0n) is 14.4. The van der Waals surface area contributed by atoms with Gasteiger partial charge in [-0.05, 0) is 41.0 Å². The summed E-state index contributed by atoms with van der Waals surface area (Å²) >= 11 is 13.0. The largest absolute Gasteiger partial charge is 0.493 e. The number of thiazole rings is 1. The lowest BCUT2D eigenvalue weighted by atomic mass is 9.91. The van der Waals surface area contributed by atoms with Crippen molar-refractivity contribution in [2.45, 2.75) is 6.54 Å². The molecule has 1 aromatic heterocycles. The van der Waals surface area contributed by atoms with E-state index in [4.69, 9.17) is 23.2 Å². The predicted octanol–water partition coefficient (Wildman–Crippen LogP) is 5.11. The maximum Gasteiger partial charge on any atom is 0.310 e. The summed E-state index contributed by atoms with van der Waals surface area (Å²) < 4.78 is 1.22. The Morgan fingerprint density at radius 3 is 2.64 bits per heavy atom. The molecular formula is C21H13Cl2NO3S. The molecular weight excluding hydrogens is 417 g/mol. The maximum absolute atomic E-state index is 12.4. The number of aromatic nitrogens is 1. The van der Waals surface area contributed by atoms with Crippen LogP contribution in [0.3, 0.4) is 0 Å². The van der Waals surface area contributed by atoms with Crippen LogP contribution in [0.4, 0.5) is 0 Å². The highest BCUT2D eigenvalue weighted by atomic mass is 35.5. The Morgan fingerprint density at radius 2 is 1.86 bits per heavy atom. The Kier molecular flexibility index (Phi) is 4.98. The zero-order chi connectivity index (χ0) is 19.8. The number of rotatable bonds is 3. The minimum absolute atomic E-state index is 0.102. The Bertz CT molecular complexity index is 1220. The maximum atomic E-state index is 12.4. The van der Waals surface area contributed by atoms with Crippen LogP contribution in [0.1, 0.15) is 21.6 Å². The molecule has 0 unspecified atom stereocenters. The van der Waals surface area contributed by atoms with Gasteiger partial charge in [-0.3, -0.25) is 14.2 Å². The molecule has 0 aliphatic heterocycles. The molecule has 0 atom stereocenters. The smallest absolute Gasteiger partial charge is 0.310 e. The number of nitrogens with zero attached hydrogens (tertiary/aromatic N) is 1. The predicted molar refractivity (Wildman–Crippen MR) is 114 cm³/mol. The number of allylic oxidation sites excluding steroid dienone is 2. The molecule has 0 saturated heterocycles. The van der Waals surface area contributed by atoms with Crippen molar-refractivity contribution < 1.29 is 9.90 Å². The highest BCUT2D eigenvalue weighted by Gasteiger charge is 2.20. The zero-order valence-corrected chi connectivity index (χ0v) is 16.7. The average Bonchev–Trinajstić information content (AvgIpc) is 2.93. The van der Waals surface area contributed by atoms with E-state index in [1.165, 1.54) is 10.6 Å². The number of benzene rings is 2. The molecule has 0 radical (unpaired) electrons. The van der Waals surface area contributed by atoms with Crippen LogP contribution >= 0.6 is 34.5 Å². The molecule has 1 aliphatic carbocycles. The summed E-state index contributed by atoms with van der Waals surface area (Å²) in [6, 6.07) is 12.4. The molecule has 140 valence electrons. The quantitative estimate of drug-likeness (QED) is 0.588. The average molecular weight is 430 g/mol. The van der Waals surface area contributed by atoms with Gasteiger partial charge in [-0.1, -0.05) is 70.9 Å². The third-order valence-corrected chi connectivity index (χ3v) is 5.95. The number of carbonyl (C=O) groups is 1. The number of hydrogen-bond acceptors (Lipinski definition) is 4. The van der Waals surface area contributed by atoms with Crippen molar-refractivity contribution >= 4 is 58.0 Å². The minimum atomic E-state index is -0.345. The van der Waals surface area contributed by atoms with Crippen molar-refractivity contribution in [3.8, 4) is 5.88 Å². The molecule has 2 aromatic carbocycles. The van der Waals surface area contributed by atoms with E-state index in [0.717, 1.165) is 22.5 Å². The molecule has 3 aromatic rings. The van der Waals surface area contributed by atoms with Crippen molar-refractivity contribution in [1.29, 1.82) is 0 Å². The highest BCUT2D eigenvalue weighted by molar-refractivity contribution is 7.10. The van der Waals surface area contributed by atoms with Gasteiger partial charge in [0.25, 0.3) is 0 Å². The van der Waals surface area contributed by atoms with Gasteiger partial charge in [0, 0.05) is 15.6 Å². The minimum Gasteiger partial charge on any atom is -0.493 e. The van der Waals surface area contributed by atoms with Gasteiger partial charge in [0.15, 0.2) is 5.78 Å². The third-order valence-electron chi connectivity index (χ3n) is 4.44. The molecule has 4 nitrogen and oxygen atoms in total. The van der Waals surface area contributed by atoms with Crippen LogP contribution in [0.5, 0.6) is 5.88 Å². The standard InChI is InChI=1S/C21H13Cl2NO3S/c22-14-7-5-13(17(23)9-14)11-24-20(26)19(28-21(24)27)10-16-15-4-2-1-3-12(15)6-8-18(16)25/h1-10,26H,11H2/b16-10-. The number of hydrogen-bond donors (Lipinski definition) is 1. The lowest BCUT2D eigenvalue weighted by Crippen LogP contribution is -2.13. The van der Waals surface area contributed by atoms with Crippen molar-refractivity contribution in [2.75, 3.05) is 0 Å². The number of ketones is 1. The van der Waals surface area contributed by atoms with Crippen LogP contribution < -0.4 is 4.87 Å². The van der Waals surface area contributed by atoms with Gasteiger partial charge in [0.05, 0.1) is 11.4 Å². The van der Waals surface area contributed by atoms with Gasteiger partial charge in [0.1, 0.15) is 0 Å². The highest BCUT2D eigenvalue weighted by Crippen LogP contribution is 2.32. The summed E-state index contributed by atoms with van der Waals surface area (Å²) in [4.78, 5) is 24.8. The molecule has 0 fully saturated rings. The first kappa shape index (κ1) is 18.7. The molecule has 1 aliphatic rings. The molecule has 1 heterocycles. The van der Waals surface area contributed by atoms with E-state index in [2.05, 4.69) is 0 Å². The lowest BCUT2D eigenvalue weighted by molar-refractivity contribution is -0.109. The van der Waals surface area contributed by atoms with Crippen molar-refractivity contribution in [2.24, 2.45) is 0 Å². The van der Waals surface area contributed by atoms with Crippen molar-refractivity contribution in [1.82, 2.24) is 4.57 Å². The van der Waals surface area contributed by atoms with Gasteiger partial charge < -0.3 is 5.11 Å². The van der Waals surface area contributed by atoms with E-state index >= 15 is 0 Å². The summed E-state index contributed by atoms with van der Waals surface area (Å²) in [6.07, 6.45) is 4.80. The molecule has 0 saturated carbocycles. The first-order valence-electron chi connectivity index (χ1n) is 8.34. The first-order valence-corrected chi connectivity index (χ1v) is 9.91. The Morgan fingerprint density at radius 1 is 1.07 bits per heavy atom. The number of carbonyl (C=O) groups excluding carboxylic acids is 1. The Labute approximate surface area is 174 Å². The van der Waals surface area contributed by atoms with E-state index < -0.39 is 0 Å². The van der Waals surface area contributed by atoms with Crippen LogP contribution in [-0.4, -0.2) is 15.5 Å². The van der Waals surface area contributed by atoms with Crippen molar-refractivity contribution in [3.05, 3.63) is 89.8 Å². The molecule has 0 spiro atoms. The summed E-state index contributed by atoms with van der Waals surface area (Å²) in [5.74, 6) is -0.375. The number of aromatic hydroxyl groups is 1. The normalized spacial score (nSPS) is 14.5. The Hall–Kier alpha value is -2.60. The van der Waals surface area contributed by atoms with E-state index in [9.17, 15) is 14.7 Å². The second-order valence-corrected chi connectivity index (χ2v) is 8.06. The fourth-order valence-electron chi connectivity index (χ4n) is 3.02. The first-order chi connectivity index (χ1) is 13.4. The monoisotopic (exact) mass is 429 g/mol. The van der Waals surface area contributed by atoms with E-state index in [1.807, 2.05) is 24.3 Å². The van der Waals surface area contributed by atoms with E-state index in [-0.39, 0.29) is 23.1 Å². The van der Waals surface area contributed by atoms with Crippen LogP contribution in [-0.2, 0) is 11.3 Å². The summed E-state index contributed by atoms with van der Waals surface area (Å²) in [5.41, 5.74) is 2.77. The molecule has 28 heavy (non-hydrogen) atoms. The second kappa shape index (κ2) is 7.43. The lowest BCUT2D eigenvalue weighted by Gasteiger charge is -2.12. The fourth-order valence-corrected chi connectivity index (χ4v) is 4.32. The van der Waals surface area contributed by atoms with E-state index in [1.54, 1.807) is 30.4 Å². The van der Waals surface area contributed by atoms with Crippen LogP contribution in [0.15, 0.2) is 53.3 Å². The summed E-state index contributed by atoms with van der Waals surface area (Å²) in [5, 5.41) is 11.5. The summed E-state index contributed by atoms with van der Waals surface area (Å²) in [6.45, 7) is 0.102. The molecule has 7 heteroatoms. The SMILES string of the molecule is O=C1C=Cc2ccccc2/C1=C/c1sc(=O)n(Cc2ccc(Cl)cc2Cl)c1O. The molecule has 0 bridgehead atoms. The van der Waals surface area contributed by atoms with Gasteiger partial charge in [0.2, 0.25) is 5.88 Å². The number of fused-ring (bicyclic) bond motifs is 1. The fraction of sp³-hybridized carbons (Fsp3) is 0.0476. The molecule has 0 amide bonds. The van der Waals surface area contributed by atoms with Crippen LogP contribution in [0, 0.1) is 0 Å². The Balaban J connectivity index is 1.76. The second-order valence-electron chi connectivity index (χ2n) is 6.22. The van der Waals surface area contributed by atoms with Gasteiger partial charge in [-0.25, -0.2) is 0 Å². The van der Waals surface area contributed by atoms with Crippen LogP contribution in [0.2, 0.25) is 10.0 Å². The van der Waals surface area contributed by atoms with Crippen molar-refractivity contribution in [3.63, 3.8) is 0 Å².